The molecule has 0 aromatic heterocycles. The van der Waals surface area contributed by atoms with Crippen LogP contribution in [0, 0.1) is 0 Å². The van der Waals surface area contributed by atoms with E-state index < -0.39 is 11.9 Å². The number of esters is 2. The summed E-state index contributed by atoms with van der Waals surface area (Å²) in [5.74, 6) is -1.69. The Kier molecular flexibility index (Phi) is 5.90. The number of benzene rings is 1. The number of rotatable bonds is 5. The minimum Gasteiger partial charge on any atom is -0.465 e. The molecule has 0 aliphatic heterocycles. The van der Waals surface area contributed by atoms with Crippen LogP contribution in [0.15, 0.2) is 18.2 Å². The van der Waals surface area contributed by atoms with Gasteiger partial charge in [0.25, 0.3) is 0 Å². The van der Waals surface area contributed by atoms with Crippen molar-refractivity contribution in [2.24, 2.45) is 0 Å². The zero-order valence-corrected chi connectivity index (χ0v) is 12.6. The van der Waals surface area contributed by atoms with Crippen molar-refractivity contribution in [3.63, 3.8) is 0 Å². The molecule has 1 amide bonds. The van der Waals surface area contributed by atoms with Crippen LogP contribution in [0.1, 0.15) is 47.9 Å². The molecule has 0 bridgehead atoms. The quantitative estimate of drug-likeness (QED) is 0.843. The lowest BCUT2D eigenvalue weighted by atomic mass is 10.0. The van der Waals surface area contributed by atoms with Gasteiger partial charge in [0.05, 0.1) is 30.0 Å². The fraction of sp³-hybridized carbons (Fsp3) is 0.400. The standard InChI is InChI=1S/C15H19NO5/c1-5-9(2)21-15(19)13-11(14(18)20-4)7-6-8-12(13)16-10(3)17/h6-9H,5H2,1-4H3,(H,16,17). The van der Waals surface area contributed by atoms with Gasteiger partial charge in [0, 0.05) is 6.92 Å². The van der Waals surface area contributed by atoms with Crippen LogP contribution in [0.5, 0.6) is 0 Å². The van der Waals surface area contributed by atoms with E-state index in [1.165, 1.54) is 26.2 Å². The Labute approximate surface area is 123 Å². The van der Waals surface area contributed by atoms with E-state index in [9.17, 15) is 14.4 Å². The lowest BCUT2D eigenvalue weighted by Crippen LogP contribution is -2.20. The number of carbonyl (C=O) groups excluding carboxylic acids is 3. The van der Waals surface area contributed by atoms with Crippen molar-refractivity contribution in [2.45, 2.75) is 33.3 Å². The van der Waals surface area contributed by atoms with Gasteiger partial charge in [-0.05, 0) is 25.5 Å². The molecule has 114 valence electrons. The summed E-state index contributed by atoms with van der Waals surface area (Å²) in [6, 6.07) is 4.53. The first-order chi connectivity index (χ1) is 9.90. The second kappa shape index (κ2) is 7.42. The number of ether oxygens (including phenoxy) is 2. The average molecular weight is 293 g/mol. The number of nitrogens with one attached hydrogen (secondary N) is 1. The van der Waals surface area contributed by atoms with Gasteiger partial charge >= 0.3 is 11.9 Å². The summed E-state index contributed by atoms with van der Waals surface area (Å²) in [5.41, 5.74) is 0.274. The summed E-state index contributed by atoms with van der Waals surface area (Å²) in [6.45, 7) is 4.93. The van der Waals surface area contributed by atoms with E-state index in [1.54, 1.807) is 13.0 Å². The molecule has 21 heavy (non-hydrogen) atoms. The zero-order chi connectivity index (χ0) is 16.0. The average Bonchev–Trinajstić information content (AvgIpc) is 2.45. The third-order valence-electron chi connectivity index (χ3n) is 2.87. The van der Waals surface area contributed by atoms with Crippen molar-refractivity contribution in [1.82, 2.24) is 0 Å². The van der Waals surface area contributed by atoms with Crippen molar-refractivity contribution in [3.8, 4) is 0 Å². The van der Waals surface area contributed by atoms with Crippen LogP contribution in [0.25, 0.3) is 0 Å². The van der Waals surface area contributed by atoms with Crippen molar-refractivity contribution in [2.75, 3.05) is 12.4 Å². The summed E-state index contributed by atoms with van der Waals surface area (Å²) >= 11 is 0. The molecule has 1 unspecified atom stereocenters. The predicted molar refractivity (Wildman–Crippen MR) is 77.3 cm³/mol. The van der Waals surface area contributed by atoms with Gasteiger partial charge in [0.1, 0.15) is 0 Å². The van der Waals surface area contributed by atoms with E-state index >= 15 is 0 Å². The maximum absolute atomic E-state index is 12.3. The molecule has 1 aromatic rings. The fourth-order valence-corrected chi connectivity index (χ4v) is 1.67. The zero-order valence-electron chi connectivity index (χ0n) is 12.6. The van der Waals surface area contributed by atoms with Crippen molar-refractivity contribution < 1.29 is 23.9 Å². The second-order valence-corrected chi connectivity index (χ2v) is 4.53. The molecule has 0 spiro atoms. The van der Waals surface area contributed by atoms with Gasteiger partial charge in [-0.2, -0.15) is 0 Å². The van der Waals surface area contributed by atoms with E-state index in [0.29, 0.717) is 6.42 Å². The van der Waals surface area contributed by atoms with E-state index in [-0.39, 0.29) is 28.8 Å². The first-order valence-electron chi connectivity index (χ1n) is 6.60. The number of amides is 1. The normalized spacial score (nSPS) is 11.4. The van der Waals surface area contributed by atoms with Gasteiger partial charge in [0.2, 0.25) is 5.91 Å². The van der Waals surface area contributed by atoms with Crippen molar-refractivity contribution in [1.29, 1.82) is 0 Å². The summed E-state index contributed by atoms with van der Waals surface area (Å²) in [4.78, 5) is 35.3. The van der Waals surface area contributed by atoms with Gasteiger partial charge < -0.3 is 14.8 Å². The summed E-state index contributed by atoms with van der Waals surface area (Å²) in [6.07, 6.45) is 0.343. The second-order valence-electron chi connectivity index (χ2n) is 4.53. The Hall–Kier alpha value is -2.37. The highest BCUT2D eigenvalue weighted by Gasteiger charge is 2.24. The molecule has 0 fully saturated rings. The highest BCUT2D eigenvalue weighted by molar-refractivity contribution is 6.09. The van der Waals surface area contributed by atoms with E-state index in [2.05, 4.69) is 10.1 Å². The third kappa shape index (κ3) is 4.30. The molecule has 0 heterocycles. The molecular weight excluding hydrogens is 274 g/mol. The SMILES string of the molecule is CCC(C)OC(=O)c1c(NC(C)=O)cccc1C(=O)OC. The van der Waals surface area contributed by atoms with Crippen LogP contribution in [0.4, 0.5) is 5.69 Å². The Morgan fingerprint density at radius 2 is 1.90 bits per heavy atom. The molecular formula is C15H19NO5. The third-order valence-corrected chi connectivity index (χ3v) is 2.87. The van der Waals surface area contributed by atoms with Crippen LogP contribution in [0.2, 0.25) is 0 Å². The summed E-state index contributed by atoms with van der Waals surface area (Å²) < 4.78 is 9.90. The van der Waals surface area contributed by atoms with E-state index in [4.69, 9.17) is 4.74 Å². The predicted octanol–water partition coefficient (Wildman–Crippen LogP) is 2.39. The number of hydrogen-bond donors (Lipinski definition) is 1. The first kappa shape index (κ1) is 16.7. The van der Waals surface area contributed by atoms with Crippen LogP contribution in [-0.4, -0.2) is 31.1 Å². The first-order valence-corrected chi connectivity index (χ1v) is 6.60. The molecule has 1 N–H and O–H groups in total. The van der Waals surface area contributed by atoms with Gasteiger partial charge in [-0.15, -0.1) is 0 Å². The molecule has 6 nitrogen and oxygen atoms in total. The van der Waals surface area contributed by atoms with E-state index in [0.717, 1.165) is 0 Å². The molecule has 0 saturated heterocycles. The largest absolute Gasteiger partial charge is 0.465 e. The van der Waals surface area contributed by atoms with Gasteiger partial charge in [0.15, 0.2) is 0 Å². The highest BCUT2D eigenvalue weighted by Crippen LogP contribution is 2.23. The Balaban J connectivity index is 3.30. The topological polar surface area (TPSA) is 81.7 Å². The van der Waals surface area contributed by atoms with Gasteiger partial charge in [-0.25, -0.2) is 9.59 Å². The molecule has 0 saturated carbocycles. The smallest absolute Gasteiger partial charge is 0.341 e. The Morgan fingerprint density at radius 3 is 2.43 bits per heavy atom. The van der Waals surface area contributed by atoms with Crippen molar-refractivity contribution in [3.05, 3.63) is 29.3 Å². The van der Waals surface area contributed by atoms with Crippen LogP contribution in [-0.2, 0) is 14.3 Å². The van der Waals surface area contributed by atoms with Crippen LogP contribution >= 0.6 is 0 Å². The lowest BCUT2D eigenvalue weighted by molar-refractivity contribution is -0.114. The molecule has 0 aliphatic carbocycles. The molecule has 1 aromatic carbocycles. The molecule has 0 aliphatic rings. The maximum atomic E-state index is 12.3. The monoisotopic (exact) mass is 293 g/mol. The van der Waals surface area contributed by atoms with Crippen molar-refractivity contribution >= 4 is 23.5 Å². The summed E-state index contributed by atoms with van der Waals surface area (Å²) in [7, 11) is 1.22. The number of anilines is 1. The van der Waals surface area contributed by atoms with Gasteiger partial charge in [-0.3, -0.25) is 4.79 Å². The number of carbonyl (C=O) groups is 3. The van der Waals surface area contributed by atoms with Gasteiger partial charge in [-0.1, -0.05) is 13.0 Å². The molecule has 1 atom stereocenters. The minimum absolute atomic E-state index is 0.000139. The molecule has 0 radical (unpaired) electrons. The van der Waals surface area contributed by atoms with E-state index in [1.807, 2.05) is 6.92 Å². The minimum atomic E-state index is -0.672. The lowest BCUT2D eigenvalue weighted by Gasteiger charge is -2.16. The Bertz CT molecular complexity index is 553. The molecule has 1 rings (SSSR count). The highest BCUT2D eigenvalue weighted by atomic mass is 16.5. The maximum Gasteiger partial charge on any atom is 0.341 e. The fourth-order valence-electron chi connectivity index (χ4n) is 1.67. The summed E-state index contributed by atoms with van der Waals surface area (Å²) in [5, 5.41) is 2.52. The number of methoxy groups -OCH3 is 1. The Morgan fingerprint density at radius 1 is 1.24 bits per heavy atom. The van der Waals surface area contributed by atoms with Crippen LogP contribution < -0.4 is 5.32 Å². The molecule has 6 heteroatoms. The van der Waals surface area contributed by atoms with Crippen LogP contribution in [0.3, 0.4) is 0 Å². The number of hydrogen-bond acceptors (Lipinski definition) is 5.